The van der Waals surface area contributed by atoms with Gasteiger partial charge in [-0.3, -0.25) is 4.79 Å². The molecule has 1 heterocycles. The maximum absolute atomic E-state index is 14.0. The summed E-state index contributed by atoms with van der Waals surface area (Å²) in [6.45, 7) is 6.82. The fourth-order valence-electron chi connectivity index (χ4n) is 6.77. The van der Waals surface area contributed by atoms with E-state index in [-0.39, 0.29) is 17.9 Å². The van der Waals surface area contributed by atoms with Crippen LogP contribution in [0.5, 0.6) is 11.5 Å². The summed E-state index contributed by atoms with van der Waals surface area (Å²) in [5.74, 6) is 1.89. The zero-order valence-electron chi connectivity index (χ0n) is 26.2. The van der Waals surface area contributed by atoms with Gasteiger partial charge in [0.2, 0.25) is 5.91 Å². The molecule has 3 N–H and O–H groups in total. The van der Waals surface area contributed by atoms with Gasteiger partial charge in [0.25, 0.3) is 0 Å². The van der Waals surface area contributed by atoms with Crippen molar-refractivity contribution >= 4 is 17.3 Å². The van der Waals surface area contributed by atoms with Crippen LogP contribution in [0.15, 0.2) is 66.7 Å². The molecule has 0 spiro atoms. The predicted molar refractivity (Wildman–Crippen MR) is 177 cm³/mol. The number of amides is 1. The molecule has 6 nitrogen and oxygen atoms in total. The van der Waals surface area contributed by atoms with Gasteiger partial charge in [-0.1, -0.05) is 44.2 Å². The molecule has 1 aliphatic heterocycles. The lowest BCUT2D eigenvalue weighted by Crippen LogP contribution is -2.51. The van der Waals surface area contributed by atoms with Gasteiger partial charge in [-0.2, -0.15) is 0 Å². The van der Waals surface area contributed by atoms with Crippen molar-refractivity contribution in [2.45, 2.75) is 83.7 Å². The van der Waals surface area contributed by atoms with E-state index in [1.807, 2.05) is 6.07 Å². The monoisotopic (exact) mass is 583 g/mol. The van der Waals surface area contributed by atoms with Gasteiger partial charge in [0.1, 0.15) is 0 Å². The molecule has 2 fully saturated rings. The number of rotatable bonds is 14. The van der Waals surface area contributed by atoms with Crippen molar-refractivity contribution in [1.82, 2.24) is 5.32 Å². The molecule has 0 aromatic heterocycles. The number of benzene rings is 3. The Labute approximate surface area is 258 Å². The van der Waals surface area contributed by atoms with E-state index < -0.39 is 5.41 Å². The summed E-state index contributed by atoms with van der Waals surface area (Å²) in [5, 5.41) is 10.4. The fourth-order valence-corrected chi connectivity index (χ4v) is 6.77. The van der Waals surface area contributed by atoms with E-state index in [2.05, 4.69) is 90.5 Å². The molecule has 43 heavy (non-hydrogen) atoms. The molecule has 6 heteroatoms. The van der Waals surface area contributed by atoms with Crippen LogP contribution in [-0.2, 0) is 17.6 Å². The summed E-state index contributed by atoms with van der Waals surface area (Å²) in [6, 6.07) is 23.5. The SMILES string of the molecule is CCCNc1cccc(CC2(Cc3cccc(NCCC)c3)CC(c3ccc(OC)c(OC4CCCC4)c3)CNC2=O)c1. The average molecular weight is 584 g/mol. The van der Waals surface area contributed by atoms with Crippen molar-refractivity contribution in [3.8, 4) is 11.5 Å². The van der Waals surface area contributed by atoms with Crippen LogP contribution < -0.4 is 25.4 Å². The second kappa shape index (κ2) is 14.7. The number of carbonyl (C=O) groups is 1. The van der Waals surface area contributed by atoms with Crippen LogP contribution in [0.4, 0.5) is 11.4 Å². The van der Waals surface area contributed by atoms with E-state index in [0.717, 1.165) is 68.1 Å². The Hall–Kier alpha value is -3.67. The van der Waals surface area contributed by atoms with Gasteiger partial charge in [0, 0.05) is 36.9 Å². The molecule has 3 aromatic carbocycles. The highest BCUT2D eigenvalue weighted by molar-refractivity contribution is 5.84. The first kappa shape index (κ1) is 30.8. The van der Waals surface area contributed by atoms with Crippen molar-refractivity contribution in [3.05, 3.63) is 83.4 Å². The van der Waals surface area contributed by atoms with Gasteiger partial charge < -0.3 is 25.4 Å². The predicted octanol–water partition coefficient (Wildman–Crippen LogP) is 7.74. The normalized spacial score (nSPS) is 18.2. The zero-order chi connectivity index (χ0) is 30.1. The van der Waals surface area contributed by atoms with Crippen LogP contribution in [0.1, 0.15) is 81.4 Å². The third-order valence-corrected chi connectivity index (χ3v) is 8.98. The first-order valence-electron chi connectivity index (χ1n) is 16.3. The molecule has 1 aliphatic carbocycles. The maximum atomic E-state index is 14.0. The summed E-state index contributed by atoms with van der Waals surface area (Å²) in [4.78, 5) is 14.0. The molecule has 1 unspecified atom stereocenters. The molecular weight excluding hydrogens is 534 g/mol. The number of methoxy groups -OCH3 is 1. The largest absolute Gasteiger partial charge is 0.493 e. The molecule has 5 rings (SSSR count). The van der Waals surface area contributed by atoms with Gasteiger partial charge in [0.15, 0.2) is 11.5 Å². The molecule has 1 saturated carbocycles. The lowest BCUT2D eigenvalue weighted by molar-refractivity contribution is -0.134. The number of hydrogen-bond acceptors (Lipinski definition) is 5. The zero-order valence-corrected chi connectivity index (χ0v) is 26.2. The minimum Gasteiger partial charge on any atom is -0.493 e. The van der Waals surface area contributed by atoms with Crippen LogP contribution in [0, 0.1) is 5.41 Å². The van der Waals surface area contributed by atoms with E-state index in [1.165, 1.54) is 29.5 Å². The second-order valence-corrected chi connectivity index (χ2v) is 12.4. The fraction of sp³-hybridized carbons (Fsp3) is 0.486. The van der Waals surface area contributed by atoms with E-state index in [1.54, 1.807) is 7.11 Å². The Morgan fingerprint density at radius 3 is 2.05 bits per heavy atom. The van der Waals surface area contributed by atoms with E-state index in [0.29, 0.717) is 19.4 Å². The molecule has 0 bridgehead atoms. The first-order chi connectivity index (χ1) is 21.0. The van der Waals surface area contributed by atoms with Crippen molar-refractivity contribution < 1.29 is 14.3 Å². The van der Waals surface area contributed by atoms with Gasteiger partial charge in [-0.05, 0) is 111 Å². The van der Waals surface area contributed by atoms with E-state index in [9.17, 15) is 4.79 Å². The van der Waals surface area contributed by atoms with Crippen molar-refractivity contribution in [2.24, 2.45) is 5.41 Å². The molecule has 1 atom stereocenters. The Balaban J connectivity index is 1.47. The van der Waals surface area contributed by atoms with E-state index in [4.69, 9.17) is 9.47 Å². The Kier molecular flexibility index (Phi) is 10.5. The number of carbonyl (C=O) groups excluding carboxylic acids is 1. The van der Waals surface area contributed by atoms with E-state index >= 15 is 0 Å². The first-order valence-corrected chi connectivity index (χ1v) is 16.3. The summed E-state index contributed by atoms with van der Waals surface area (Å²) >= 11 is 0. The highest BCUT2D eigenvalue weighted by atomic mass is 16.5. The number of ether oxygens (including phenoxy) is 2. The van der Waals surface area contributed by atoms with Gasteiger partial charge >= 0.3 is 0 Å². The van der Waals surface area contributed by atoms with Crippen LogP contribution in [0.2, 0.25) is 0 Å². The van der Waals surface area contributed by atoms with Gasteiger partial charge in [-0.15, -0.1) is 0 Å². The van der Waals surface area contributed by atoms with Crippen LogP contribution in [0.25, 0.3) is 0 Å². The quantitative estimate of drug-likeness (QED) is 0.181. The molecule has 1 saturated heterocycles. The minimum atomic E-state index is -0.595. The standard InChI is InChI=1S/C37H49N3O3/c1-4-18-38-31-12-8-10-27(20-31)23-37(24-28-11-9-13-32(21-28)39-19-5-2)25-30(26-40-36(37)41)29-16-17-34(42-3)35(22-29)43-33-14-6-7-15-33/h8-13,16-17,20-22,30,33,38-39H,4-7,14-15,18-19,23-26H2,1-3H3,(H,40,41). The van der Waals surface area contributed by atoms with Crippen molar-refractivity contribution in [3.63, 3.8) is 0 Å². The van der Waals surface area contributed by atoms with Crippen molar-refractivity contribution in [1.29, 1.82) is 0 Å². The number of anilines is 2. The number of hydrogen-bond donors (Lipinski definition) is 3. The van der Waals surface area contributed by atoms with Gasteiger partial charge in [-0.25, -0.2) is 0 Å². The number of nitrogens with one attached hydrogen (secondary N) is 3. The van der Waals surface area contributed by atoms with Crippen molar-refractivity contribution in [2.75, 3.05) is 37.4 Å². The molecule has 1 amide bonds. The Bertz CT molecular complexity index is 1300. The molecule has 0 radical (unpaired) electrons. The highest BCUT2D eigenvalue weighted by Crippen LogP contribution is 2.43. The second-order valence-electron chi connectivity index (χ2n) is 12.4. The lowest BCUT2D eigenvalue weighted by Gasteiger charge is -2.41. The van der Waals surface area contributed by atoms with Crippen LogP contribution in [-0.4, -0.2) is 38.8 Å². The van der Waals surface area contributed by atoms with Crippen LogP contribution >= 0.6 is 0 Å². The smallest absolute Gasteiger partial charge is 0.226 e. The molecule has 2 aliphatic rings. The highest BCUT2D eigenvalue weighted by Gasteiger charge is 2.44. The lowest BCUT2D eigenvalue weighted by atomic mass is 9.67. The summed E-state index contributed by atoms with van der Waals surface area (Å²) < 4.78 is 12.1. The van der Waals surface area contributed by atoms with Crippen LogP contribution in [0.3, 0.4) is 0 Å². The molecule has 3 aromatic rings. The topological polar surface area (TPSA) is 71.6 Å². The molecule has 230 valence electrons. The third kappa shape index (κ3) is 7.84. The summed E-state index contributed by atoms with van der Waals surface area (Å²) in [7, 11) is 1.70. The average Bonchev–Trinajstić information content (AvgIpc) is 3.54. The number of piperidine rings is 1. The molecular formula is C37H49N3O3. The summed E-state index contributed by atoms with van der Waals surface area (Å²) in [5.41, 5.74) is 5.17. The minimum absolute atomic E-state index is 0.138. The van der Waals surface area contributed by atoms with Gasteiger partial charge in [0.05, 0.1) is 18.6 Å². The Morgan fingerprint density at radius 1 is 0.837 bits per heavy atom. The summed E-state index contributed by atoms with van der Waals surface area (Å²) in [6.07, 6.45) is 9.09. The maximum Gasteiger partial charge on any atom is 0.226 e. The Morgan fingerprint density at radius 2 is 1.47 bits per heavy atom. The third-order valence-electron chi connectivity index (χ3n) is 8.98.